The van der Waals surface area contributed by atoms with Crippen LogP contribution in [0.25, 0.3) is 11.3 Å². The predicted octanol–water partition coefficient (Wildman–Crippen LogP) is 3.40. The summed E-state index contributed by atoms with van der Waals surface area (Å²) in [5.74, 6) is -1.54. The average molecular weight is 550 g/mol. The van der Waals surface area contributed by atoms with E-state index in [1.165, 1.54) is 29.7 Å². The molecule has 3 aromatic rings. The number of hydrogen-bond donors (Lipinski definition) is 2. The van der Waals surface area contributed by atoms with E-state index in [1.807, 2.05) is 6.21 Å². The van der Waals surface area contributed by atoms with E-state index < -0.39 is 11.6 Å². The lowest BCUT2D eigenvalue weighted by molar-refractivity contribution is -0.00444. The Morgan fingerprint density at radius 2 is 1.98 bits per heavy atom. The molecule has 40 heavy (non-hydrogen) atoms. The first-order valence-corrected chi connectivity index (χ1v) is 13.4. The molecular formula is C29H33F2N7O2. The second-order valence-corrected chi connectivity index (χ2v) is 10.1. The third-order valence-corrected chi connectivity index (χ3v) is 7.04. The number of benzene rings is 1. The van der Waals surface area contributed by atoms with E-state index in [-0.39, 0.29) is 23.7 Å². The molecule has 2 aliphatic heterocycles. The average Bonchev–Trinajstić information content (AvgIpc) is 3.72. The van der Waals surface area contributed by atoms with Gasteiger partial charge in [0.25, 0.3) is 5.91 Å². The second-order valence-electron chi connectivity index (χ2n) is 10.1. The van der Waals surface area contributed by atoms with Gasteiger partial charge >= 0.3 is 0 Å². The lowest BCUT2D eigenvalue weighted by Gasteiger charge is -2.29. The molecule has 1 saturated carbocycles. The Bertz CT molecular complexity index is 1420. The summed E-state index contributed by atoms with van der Waals surface area (Å²) in [6, 6.07) is 7.43. The smallest absolute Gasteiger partial charge is 0.276 e. The number of rotatable bonds is 5. The highest BCUT2D eigenvalue weighted by molar-refractivity contribution is 6.08. The van der Waals surface area contributed by atoms with Crippen LogP contribution in [0.3, 0.4) is 0 Å². The summed E-state index contributed by atoms with van der Waals surface area (Å²) in [4.78, 5) is 22.9. The SMILES string of the molecule is CC1CNCC(/C(C=NC2CC2)=C/N)O1.Cn1nc(-c2ccc(F)cc2F)c2c1C(=O)N(c1ccncc1)CC2. The van der Waals surface area contributed by atoms with E-state index >= 15 is 0 Å². The van der Waals surface area contributed by atoms with E-state index in [4.69, 9.17) is 10.5 Å². The van der Waals surface area contributed by atoms with Crippen LogP contribution in [0.2, 0.25) is 0 Å². The fourth-order valence-electron chi connectivity index (χ4n) is 4.83. The van der Waals surface area contributed by atoms with E-state index in [0.717, 1.165) is 30.4 Å². The van der Waals surface area contributed by atoms with Gasteiger partial charge in [0, 0.05) is 79.9 Å². The number of aromatic nitrogens is 3. The summed E-state index contributed by atoms with van der Waals surface area (Å²) in [7, 11) is 1.65. The number of aliphatic imine (C=N–C) groups is 1. The second kappa shape index (κ2) is 12.1. The summed E-state index contributed by atoms with van der Waals surface area (Å²) in [5.41, 5.74) is 9.02. The van der Waals surface area contributed by atoms with Crippen molar-refractivity contribution in [3.63, 3.8) is 0 Å². The third kappa shape index (κ3) is 6.10. The molecule has 1 aliphatic carbocycles. The van der Waals surface area contributed by atoms with Gasteiger partial charge in [-0.2, -0.15) is 5.10 Å². The van der Waals surface area contributed by atoms with Gasteiger partial charge in [0.05, 0.1) is 23.9 Å². The molecule has 1 aromatic carbocycles. The largest absolute Gasteiger partial charge is 0.404 e. The Balaban J connectivity index is 0.000000184. The number of morpholine rings is 1. The van der Waals surface area contributed by atoms with E-state index in [9.17, 15) is 13.6 Å². The predicted molar refractivity (Wildman–Crippen MR) is 149 cm³/mol. The number of aryl methyl sites for hydroxylation is 1. The first-order valence-electron chi connectivity index (χ1n) is 13.4. The Morgan fingerprint density at radius 3 is 2.65 bits per heavy atom. The van der Waals surface area contributed by atoms with Crippen LogP contribution in [0.1, 0.15) is 35.8 Å². The minimum Gasteiger partial charge on any atom is -0.404 e. The van der Waals surface area contributed by atoms with Gasteiger partial charge in [-0.1, -0.05) is 0 Å². The Morgan fingerprint density at radius 1 is 1.20 bits per heavy atom. The number of amides is 1. The van der Waals surface area contributed by atoms with Crippen molar-refractivity contribution in [1.82, 2.24) is 20.1 Å². The monoisotopic (exact) mass is 549 g/mol. The highest BCUT2D eigenvalue weighted by Gasteiger charge is 2.32. The molecule has 1 amide bonds. The van der Waals surface area contributed by atoms with Crippen molar-refractivity contribution in [2.24, 2.45) is 17.8 Å². The number of carbonyl (C=O) groups excluding carboxylic acids is 1. The number of nitrogens with zero attached hydrogens (tertiary/aromatic N) is 5. The fourth-order valence-corrected chi connectivity index (χ4v) is 4.83. The molecule has 210 valence electrons. The number of fused-ring (bicyclic) bond motifs is 1. The summed E-state index contributed by atoms with van der Waals surface area (Å²) < 4.78 is 34.6. The molecular weight excluding hydrogens is 516 g/mol. The zero-order chi connectivity index (χ0) is 28.2. The van der Waals surface area contributed by atoms with Crippen LogP contribution in [0, 0.1) is 11.6 Å². The maximum absolute atomic E-state index is 14.2. The van der Waals surface area contributed by atoms with Crippen molar-refractivity contribution in [3.05, 3.63) is 77.4 Å². The molecule has 0 radical (unpaired) electrons. The topological polar surface area (TPSA) is 111 Å². The van der Waals surface area contributed by atoms with E-state index in [0.29, 0.717) is 36.0 Å². The van der Waals surface area contributed by atoms with Gasteiger partial charge in [-0.15, -0.1) is 0 Å². The number of ether oxygens (including phenoxy) is 1. The zero-order valence-electron chi connectivity index (χ0n) is 22.6. The first kappa shape index (κ1) is 27.6. The lowest BCUT2D eigenvalue weighted by atomic mass is 9.98. The van der Waals surface area contributed by atoms with Crippen LogP contribution in [0.15, 0.2) is 59.5 Å². The molecule has 6 rings (SSSR count). The molecule has 1 saturated heterocycles. The number of halogens is 2. The zero-order valence-corrected chi connectivity index (χ0v) is 22.6. The first-order chi connectivity index (χ1) is 19.4. The molecule has 2 fully saturated rings. The maximum atomic E-state index is 14.2. The Kier molecular flexibility index (Phi) is 8.32. The van der Waals surface area contributed by atoms with Crippen molar-refractivity contribution in [3.8, 4) is 11.3 Å². The molecule has 3 N–H and O–H groups in total. The van der Waals surface area contributed by atoms with E-state index in [1.54, 1.807) is 42.7 Å². The summed E-state index contributed by atoms with van der Waals surface area (Å²) in [6.07, 6.45) is 10.0. The molecule has 2 atom stereocenters. The molecule has 2 unspecified atom stereocenters. The number of pyridine rings is 1. The van der Waals surface area contributed by atoms with Crippen LogP contribution in [0.5, 0.6) is 0 Å². The van der Waals surface area contributed by atoms with Crippen LogP contribution >= 0.6 is 0 Å². The normalized spacial score (nSPS) is 21.2. The third-order valence-electron chi connectivity index (χ3n) is 7.04. The Labute approximate surface area is 231 Å². The quantitative estimate of drug-likeness (QED) is 0.472. The molecule has 2 aromatic heterocycles. The fraction of sp³-hybridized carbons (Fsp3) is 0.379. The van der Waals surface area contributed by atoms with Gasteiger partial charge in [0.15, 0.2) is 0 Å². The van der Waals surface area contributed by atoms with Crippen molar-refractivity contribution in [2.75, 3.05) is 24.5 Å². The highest BCUT2D eigenvalue weighted by Crippen LogP contribution is 2.32. The summed E-state index contributed by atoms with van der Waals surface area (Å²) in [6.45, 7) is 4.25. The van der Waals surface area contributed by atoms with Gasteiger partial charge in [0.1, 0.15) is 17.3 Å². The summed E-state index contributed by atoms with van der Waals surface area (Å²) >= 11 is 0. The minimum atomic E-state index is -0.690. The van der Waals surface area contributed by atoms with Crippen LogP contribution in [0.4, 0.5) is 14.5 Å². The van der Waals surface area contributed by atoms with Gasteiger partial charge in [-0.3, -0.25) is 19.5 Å². The van der Waals surface area contributed by atoms with Gasteiger partial charge < -0.3 is 20.7 Å². The van der Waals surface area contributed by atoms with Crippen LogP contribution in [-0.4, -0.2) is 64.8 Å². The maximum Gasteiger partial charge on any atom is 0.276 e. The van der Waals surface area contributed by atoms with Crippen molar-refractivity contribution >= 4 is 17.8 Å². The molecule has 4 heterocycles. The number of nitrogens with one attached hydrogen (secondary N) is 1. The minimum absolute atomic E-state index is 0.0567. The van der Waals surface area contributed by atoms with Crippen LogP contribution < -0.4 is 16.0 Å². The summed E-state index contributed by atoms with van der Waals surface area (Å²) in [5, 5.41) is 7.65. The Hall–Kier alpha value is -3.96. The lowest BCUT2D eigenvalue weighted by Crippen LogP contribution is -2.44. The van der Waals surface area contributed by atoms with Gasteiger partial charge in [-0.05, 0) is 50.5 Å². The number of hydrogen-bond acceptors (Lipinski definition) is 7. The van der Waals surface area contributed by atoms with Crippen LogP contribution in [-0.2, 0) is 18.2 Å². The standard InChI is InChI=1S/C18H14F2N4O.C11H19N3O/c1-23-17-14(16(22-23)13-3-2-11(19)10-15(13)20)6-9-24(18(17)25)12-4-7-21-8-5-12;1-8-5-13-7-11(15-8)9(4-12)6-14-10-2-3-10/h2-5,7-8,10H,6,9H2,1H3;4,6,8,10-11,13H,2-3,5,7,12H2,1H3/b;9-4+,14-6?. The molecule has 11 heteroatoms. The van der Waals surface area contributed by atoms with Gasteiger partial charge in [-0.25, -0.2) is 8.78 Å². The van der Waals surface area contributed by atoms with Crippen molar-refractivity contribution < 1.29 is 18.3 Å². The van der Waals surface area contributed by atoms with Gasteiger partial charge in [0.2, 0.25) is 0 Å². The number of anilines is 1. The molecule has 0 bridgehead atoms. The molecule has 0 spiro atoms. The number of carbonyl (C=O) groups is 1. The molecule has 3 aliphatic rings. The van der Waals surface area contributed by atoms with Crippen molar-refractivity contribution in [2.45, 2.75) is 44.4 Å². The number of nitrogens with two attached hydrogens (primary N) is 1. The highest BCUT2D eigenvalue weighted by atomic mass is 19.1. The van der Waals surface area contributed by atoms with Crippen molar-refractivity contribution in [1.29, 1.82) is 0 Å². The molecule has 9 nitrogen and oxygen atoms in total. The van der Waals surface area contributed by atoms with E-state index in [2.05, 4.69) is 27.3 Å².